The van der Waals surface area contributed by atoms with Gasteiger partial charge in [0.2, 0.25) is 5.91 Å². The highest BCUT2D eigenvalue weighted by Gasteiger charge is 2.22. The van der Waals surface area contributed by atoms with E-state index in [2.05, 4.69) is 43.5 Å². The maximum atomic E-state index is 12.5. The Morgan fingerprint density at radius 3 is 0.984 bits per heavy atom. The first-order valence-electron chi connectivity index (χ1n) is 27.8. The number of unbranched alkanes of at least 4 members (excludes halogenated alkanes) is 39. The van der Waals surface area contributed by atoms with Gasteiger partial charge in [-0.1, -0.05) is 288 Å². The van der Waals surface area contributed by atoms with Crippen LogP contribution in [0, 0.1) is 0 Å². The van der Waals surface area contributed by atoms with E-state index < -0.39 is 24.2 Å². The normalized spacial score (nSPS) is 13.6. The summed E-state index contributed by atoms with van der Waals surface area (Å²) in [4.78, 5) is 12.5. The lowest BCUT2D eigenvalue weighted by atomic mass is 10.0. The molecule has 0 aliphatic heterocycles. The van der Waals surface area contributed by atoms with E-state index in [1.807, 2.05) is 6.08 Å². The van der Waals surface area contributed by atoms with Gasteiger partial charge in [0.1, 0.15) is 6.10 Å². The lowest BCUT2D eigenvalue weighted by Crippen LogP contribution is -2.48. The van der Waals surface area contributed by atoms with Crippen molar-refractivity contribution in [3.8, 4) is 0 Å². The van der Waals surface area contributed by atoms with Crippen LogP contribution in [0.2, 0.25) is 0 Å². The van der Waals surface area contributed by atoms with Crippen molar-refractivity contribution in [2.75, 3.05) is 6.61 Å². The third-order valence-corrected chi connectivity index (χ3v) is 13.0. The molecule has 0 aliphatic rings. The van der Waals surface area contributed by atoms with Crippen molar-refractivity contribution in [1.29, 1.82) is 0 Å². The summed E-state index contributed by atoms with van der Waals surface area (Å²) in [6, 6.07) is -0.820. The third-order valence-electron chi connectivity index (χ3n) is 13.0. The Hall–Kier alpha value is -1.43. The van der Waals surface area contributed by atoms with Gasteiger partial charge in [-0.05, 0) is 44.9 Å². The fraction of sp³-hybridized carbons (Fsp3) is 0.877. The van der Waals surface area contributed by atoms with Crippen molar-refractivity contribution in [3.63, 3.8) is 0 Å². The molecule has 0 saturated heterocycles. The highest BCUT2D eigenvalue weighted by atomic mass is 16.3. The summed E-state index contributed by atoms with van der Waals surface area (Å²) >= 11 is 0. The maximum Gasteiger partial charge on any atom is 0.249 e. The Morgan fingerprint density at radius 1 is 0.387 bits per heavy atom. The Kier molecular flexibility index (Phi) is 51.0. The predicted molar refractivity (Wildman–Crippen MR) is 273 cm³/mol. The van der Waals surface area contributed by atoms with E-state index in [-0.39, 0.29) is 6.61 Å². The summed E-state index contributed by atoms with van der Waals surface area (Å²) in [5.41, 5.74) is 0. The number of amides is 1. The number of rotatable bonds is 51. The minimum absolute atomic E-state index is 0.379. The molecular weight excluding hydrogens is 763 g/mol. The van der Waals surface area contributed by atoms with Gasteiger partial charge >= 0.3 is 0 Å². The van der Waals surface area contributed by atoms with E-state index in [1.54, 1.807) is 6.08 Å². The van der Waals surface area contributed by atoms with Gasteiger partial charge in [-0.25, -0.2) is 0 Å². The Balaban J connectivity index is 3.59. The van der Waals surface area contributed by atoms with Crippen molar-refractivity contribution in [3.05, 3.63) is 36.5 Å². The first-order valence-corrected chi connectivity index (χ1v) is 27.8. The van der Waals surface area contributed by atoms with Crippen LogP contribution in [0.5, 0.6) is 0 Å². The first kappa shape index (κ1) is 60.6. The molecule has 0 heterocycles. The molecule has 3 atom stereocenters. The molecule has 1 amide bonds. The molecule has 0 saturated carbocycles. The van der Waals surface area contributed by atoms with Crippen molar-refractivity contribution in [1.82, 2.24) is 5.32 Å². The molecular formula is C57H109NO4. The zero-order valence-corrected chi connectivity index (χ0v) is 41.8. The van der Waals surface area contributed by atoms with Crippen LogP contribution in [0.1, 0.15) is 296 Å². The van der Waals surface area contributed by atoms with Gasteiger partial charge in [0.25, 0.3) is 0 Å². The lowest BCUT2D eigenvalue weighted by Gasteiger charge is -2.21. The monoisotopic (exact) mass is 872 g/mol. The van der Waals surface area contributed by atoms with E-state index in [1.165, 1.54) is 231 Å². The number of aliphatic hydroxyl groups is 3. The number of nitrogens with one attached hydrogen (secondary N) is 1. The summed E-state index contributed by atoms with van der Waals surface area (Å²) in [5, 5.41) is 33.3. The van der Waals surface area contributed by atoms with E-state index in [4.69, 9.17) is 0 Å². The van der Waals surface area contributed by atoms with Gasteiger partial charge in [0.15, 0.2) is 0 Å². The van der Waals surface area contributed by atoms with Gasteiger partial charge in [0, 0.05) is 0 Å². The summed E-state index contributed by atoms with van der Waals surface area (Å²) in [6.45, 7) is 4.20. The number of carbonyl (C=O) groups is 1. The molecule has 0 bridgehead atoms. The summed E-state index contributed by atoms with van der Waals surface area (Å²) < 4.78 is 0. The molecule has 366 valence electrons. The van der Waals surface area contributed by atoms with Crippen LogP contribution in [-0.2, 0) is 4.79 Å². The zero-order valence-electron chi connectivity index (χ0n) is 41.8. The second kappa shape index (κ2) is 52.2. The van der Waals surface area contributed by atoms with Crippen LogP contribution in [0.25, 0.3) is 0 Å². The SMILES string of the molecule is CCCCCCCCCCCC/C=C/CC/C=C/CC/C=C/C(O)C(CO)NC(=O)C(O)CCCCCCCCCCCCCCCCCCCCCCCCCCCCCC. The number of hydrogen-bond donors (Lipinski definition) is 4. The van der Waals surface area contributed by atoms with E-state index in [9.17, 15) is 20.1 Å². The fourth-order valence-corrected chi connectivity index (χ4v) is 8.63. The van der Waals surface area contributed by atoms with Crippen LogP contribution in [-0.4, -0.2) is 46.1 Å². The molecule has 0 aromatic heterocycles. The Bertz CT molecular complexity index is 962. The van der Waals surface area contributed by atoms with Crippen LogP contribution in [0.4, 0.5) is 0 Å². The molecule has 0 aliphatic carbocycles. The molecule has 5 heteroatoms. The number of aliphatic hydroxyl groups excluding tert-OH is 3. The van der Waals surface area contributed by atoms with Gasteiger partial charge in [-0.2, -0.15) is 0 Å². The standard InChI is InChI=1S/C57H109NO4/c1-3-5-7-9-11-13-15-17-19-21-23-25-26-27-28-29-30-31-32-34-36-38-40-42-44-46-48-50-52-56(61)57(62)58-54(53-59)55(60)51-49-47-45-43-41-39-37-35-33-24-22-20-18-16-14-12-10-8-6-4-2/h33,35,41,43,49,51,54-56,59-61H,3-32,34,36-40,42,44-48,50,52-53H2,1-2H3,(H,58,62)/b35-33+,43-41+,51-49+. The summed E-state index contributed by atoms with van der Waals surface area (Å²) in [5.74, 6) is -0.512. The minimum atomic E-state index is -1.11. The molecule has 0 radical (unpaired) electrons. The van der Waals surface area contributed by atoms with Crippen molar-refractivity contribution < 1.29 is 20.1 Å². The first-order chi connectivity index (χ1) is 30.6. The summed E-state index contributed by atoms with van der Waals surface area (Å²) in [6.07, 6.45) is 68.0. The van der Waals surface area contributed by atoms with Crippen molar-refractivity contribution in [2.45, 2.75) is 315 Å². The number of carbonyl (C=O) groups excluding carboxylic acids is 1. The average molecular weight is 873 g/mol. The maximum absolute atomic E-state index is 12.5. The Labute approximate surface area is 387 Å². The quantitative estimate of drug-likeness (QED) is 0.0362. The average Bonchev–Trinajstić information content (AvgIpc) is 3.28. The molecule has 5 nitrogen and oxygen atoms in total. The topological polar surface area (TPSA) is 89.8 Å². The molecule has 62 heavy (non-hydrogen) atoms. The molecule has 0 fully saturated rings. The largest absolute Gasteiger partial charge is 0.394 e. The van der Waals surface area contributed by atoms with Gasteiger partial charge in [0.05, 0.1) is 18.8 Å². The highest BCUT2D eigenvalue weighted by molar-refractivity contribution is 5.80. The van der Waals surface area contributed by atoms with E-state index in [0.717, 1.165) is 44.9 Å². The molecule has 3 unspecified atom stereocenters. The van der Waals surface area contributed by atoms with Crippen LogP contribution in [0.3, 0.4) is 0 Å². The van der Waals surface area contributed by atoms with Gasteiger partial charge < -0.3 is 20.6 Å². The number of hydrogen-bond acceptors (Lipinski definition) is 4. The molecule has 0 aromatic carbocycles. The molecule has 0 rings (SSSR count). The smallest absolute Gasteiger partial charge is 0.249 e. The molecule has 4 N–H and O–H groups in total. The van der Waals surface area contributed by atoms with Crippen LogP contribution < -0.4 is 5.32 Å². The predicted octanol–water partition coefficient (Wildman–Crippen LogP) is 17.1. The molecule has 0 spiro atoms. The van der Waals surface area contributed by atoms with Gasteiger partial charge in [-0.3, -0.25) is 4.79 Å². The van der Waals surface area contributed by atoms with Crippen LogP contribution in [0.15, 0.2) is 36.5 Å². The summed E-state index contributed by atoms with van der Waals surface area (Å²) in [7, 11) is 0. The van der Waals surface area contributed by atoms with E-state index >= 15 is 0 Å². The lowest BCUT2D eigenvalue weighted by molar-refractivity contribution is -0.131. The van der Waals surface area contributed by atoms with Gasteiger partial charge in [-0.15, -0.1) is 0 Å². The second-order valence-corrected chi connectivity index (χ2v) is 19.1. The van der Waals surface area contributed by atoms with E-state index in [0.29, 0.717) is 6.42 Å². The zero-order chi connectivity index (χ0) is 45.1. The minimum Gasteiger partial charge on any atom is -0.394 e. The highest BCUT2D eigenvalue weighted by Crippen LogP contribution is 2.17. The van der Waals surface area contributed by atoms with Crippen molar-refractivity contribution >= 4 is 5.91 Å². The van der Waals surface area contributed by atoms with Crippen molar-refractivity contribution in [2.24, 2.45) is 0 Å². The fourth-order valence-electron chi connectivity index (χ4n) is 8.63. The third kappa shape index (κ3) is 46.6. The van der Waals surface area contributed by atoms with Crippen LogP contribution >= 0.6 is 0 Å². The molecule has 0 aromatic rings. The second-order valence-electron chi connectivity index (χ2n) is 19.1. The Morgan fingerprint density at radius 2 is 0.661 bits per heavy atom. The number of allylic oxidation sites excluding steroid dienone is 5.